The van der Waals surface area contributed by atoms with E-state index in [1.807, 2.05) is 44.2 Å². The number of hydrogen-bond acceptors (Lipinski definition) is 3. The largest absolute Gasteiger partial charge is 0.496 e. The average molecular weight is 296 g/mol. The van der Waals surface area contributed by atoms with Crippen LogP contribution in [0.4, 0.5) is 5.69 Å². The van der Waals surface area contributed by atoms with Gasteiger partial charge in [0.15, 0.2) is 0 Å². The Bertz CT molecular complexity index is 740. The van der Waals surface area contributed by atoms with Gasteiger partial charge in [-0.1, -0.05) is 35.9 Å². The van der Waals surface area contributed by atoms with Gasteiger partial charge in [-0.25, -0.2) is 0 Å². The summed E-state index contributed by atoms with van der Waals surface area (Å²) < 4.78 is 5.41. The van der Waals surface area contributed by atoms with E-state index in [1.54, 1.807) is 7.11 Å². The van der Waals surface area contributed by atoms with Crippen LogP contribution in [0.1, 0.15) is 41.1 Å². The molecule has 1 heterocycles. The Morgan fingerprint density at radius 3 is 2.68 bits per heavy atom. The van der Waals surface area contributed by atoms with Crippen LogP contribution in [0.5, 0.6) is 5.75 Å². The summed E-state index contributed by atoms with van der Waals surface area (Å²) in [4.78, 5) is 12.0. The highest BCUT2D eigenvalue weighted by atomic mass is 16.5. The highest BCUT2D eigenvalue weighted by molar-refractivity contribution is 6.03. The Morgan fingerprint density at radius 2 is 1.95 bits per heavy atom. The summed E-state index contributed by atoms with van der Waals surface area (Å²) in [6.07, 6.45) is 0. The number of para-hydroxylation sites is 1. The molecule has 0 saturated carbocycles. The fraction of sp³-hybridized carbons (Fsp3) is 0.278. The van der Waals surface area contributed by atoms with Crippen molar-refractivity contribution in [1.29, 1.82) is 0 Å². The number of fused-ring (bicyclic) bond motifs is 1. The van der Waals surface area contributed by atoms with Crippen LogP contribution in [0.2, 0.25) is 0 Å². The molecule has 0 spiro atoms. The van der Waals surface area contributed by atoms with Gasteiger partial charge in [0.05, 0.1) is 19.1 Å². The van der Waals surface area contributed by atoms with E-state index in [9.17, 15) is 4.79 Å². The van der Waals surface area contributed by atoms with Crippen LogP contribution in [0.25, 0.3) is 0 Å². The number of aryl methyl sites for hydroxylation is 1. The monoisotopic (exact) mass is 296 g/mol. The fourth-order valence-electron chi connectivity index (χ4n) is 3.04. The molecule has 0 aromatic heterocycles. The van der Waals surface area contributed by atoms with Crippen molar-refractivity contribution in [2.45, 2.75) is 25.8 Å². The normalized spacial score (nSPS) is 17.8. The van der Waals surface area contributed by atoms with Crippen LogP contribution in [-0.2, 0) is 4.79 Å². The second-order valence-corrected chi connectivity index (χ2v) is 5.75. The summed E-state index contributed by atoms with van der Waals surface area (Å²) in [6.45, 7) is 3.94. The second kappa shape index (κ2) is 5.46. The lowest BCUT2D eigenvalue weighted by Crippen LogP contribution is -2.16. The molecule has 114 valence electrons. The minimum Gasteiger partial charge on any atom is -0.496 e. The molecule has 4 heteroatoms. The van der Waals surface area contributed by atoms with E-state index in [-0.39, 0.29) is 17.9 Å². The van der Waals surface area contributed by atoms with Crippen molar-refractivity contribution in [2.75, 3.05) is 12.4 Å². The third-order valence-corrected chi connectivity index (χ3v) is 4.26. The third kappa shape index (κ3) is 2.25. The first kappa shape index (κ1) is 14.6. The molecule has 2 aromatic rings. The van der Waals surface area contributed by atoms with Crippen molar-refractivity contribution in [3.05, 3.63) is 58.7 Å². The zero-order valence-corrected chi connectivity index (χ0v) is 13.0. The Labute approximate surface area is 130 Å². The summed E-state index contributed by atoms with van der Waals surface area (Å²) in [6, 6.07) is 11.4. The Morgan fingerprint density at radius 1 is 1.23 bits per heavy atom. The summed E-state index contributed by atoms with van der Waals surface area (Å²) in [5.74, 6) is 0.634. The van der Waals surface area contributed by atoms with E-state index >= 15 is 0 Å². The number of rotatable bonds is 3. The molecule has 0 fully saturated rings. The Balaban J connectivity index is 2.13. The zero-order chi connectivity index (χ0) is 15.9. The molecule has 0 bridgehead atoms. The Kier molecular flexibility index (Phi) is 3.62. The van der Waals surface area contributed by atoms with Gasteiger partial charge >= 0.3 is 0 Å². The number of carbonyl (C=O) groups excluding carboxylic acids is 1. The summed E-state index contributed by atoms with van der Waals surface area (Å²) in [5, 5.41) is 2.97. The van der Waals surface area contributed by atoms with E-state index in [4.69, 9.17) is 10.5 Å². The molecule has 0 saturated heterocycles. The summed E-state index contributed by atoms with van der Waals surface area (Å²) >= 11 is 0. The number of anilines is 1. The number of hydrogen-bond donors (Lipinski definition) is 2. The van der Waals surface area contributed by atoms with Gasteiger partial charge in [-0.15, -0.1) is 0 Å². The fourth-order valence-corrected chi connectivity index (χ4v) is 3.04. The van der Waals surface area contributed by atoms with E-state index < -0.39 is 0 Å². The molecule has 4 nitrogen and oxygen atoms in total. The summed E-state index contributed by atoms with van der Waals surface area (Å²) in [7, 11) is 1.63. The van der Waals surface area contributed by atoms with Gasteiger partial charge in [0, 0.05) is 11.3 Å². The van der Waals surface area contributed by atoms with Gasteiger partial charge in [0.2, 0.25) is 5.91 Å². The lowest BCUT2D eigenvalue weighted by Gasteiger charge is -2.19. The van der Waals surface area contributed by atoms with Crippen LogP contribution in [-0.4, -0.2) is 13.0 Å². The molecular formula is C18H20N2O2. The predicted molar refractivity (Wildman–Crippen MR) is 87.2 cm³/mol. The number of methoxy groups -OCH3 is 1. The van der Waals surface area contributed by atoms with Crippen LogP contribution in [0.3, 0.4) is 0 Å². The third-order valence-electron chi connectivity index (χ3n) is 4.26. The molecule has 1 aliphatic heterocycles. The molecule has 22 heavy (non-hydrogen) atoms. The van der Waals surface area contributed by atoms with Gasteiger partial charge in [0.1, 0.15) is 5.75 Å². The van der Waals surface area contributed by atoms with Crippen LogP contribution < -0.4 is 15.8 Å². The molecule has 2 aromatic carbocycles. The minimum absolute atomic E-state index is 0.0223. The van der Waals surface area contributed by atoms with E-state index in [0.717, 1.165) is 33.7 Å². The van der Waals surface area contributed by atoms with Gasteiger partial charge in [-0.3, -0.25) is 4.79 Å². The smallest absolute Gasteiger partial charge is 0.231 e. The van der Waals surface area contributed by atoms with Crippen molar-refractivity contribution < 1.29 is 9.53 Å². The summed E-state index contributed by atoms with van der Waals surface area (Å²) in [5.41, 5.74) is 11.3. The molecular weight excluding hydrogens is 276 g/mol. The quantitative estimate of drug-likeness (QED) is 0.914. The van der Waals surface area contributed by atoms with E-state index in [0.29, 0.717) is 0 Å². The van der Waals surface area contributed by atoms with Crippen molar-refractivity contribution in [3.63, 3.8) is 0 Å². The van der Waals surface area contributed by atoms with Crippen molar-refractivity contribution in [1.82, 2.24) is 0 Å². The van der Waals surface area contributed by atoms with Crippen molar-refractivity contribution in [2.24, 2.45) is 5.73 Å². The predicted octanol–water partition coefficient (Wildman–Crippen LogP) is 3.11. The number of benzene rings is 2. The number of ether oxygens (including phenoxy) is 1. The highest BCUT2D eigenvalue weighted by Crippen LogP contribution is 2.40. The van der Waals surface area contributed by atoms with Gasteiger partial charge in [-0.2, -0.15) is 0 Å². The van der Waals surface area contributed by atoms with E-state index in [1.165, 1.54) is 0 Å². The van der Waals surface area contributed by atoms with Crippen LogP contribution in [0.15, 0.2) is 36.4 Å². The zero-order valence-electron chi connectivity index (χ0n) is 13.0. The lowest BCUT2D eigenvalue weighted by atomic mass is 9.91. The maximum Gasteiger partial charge on any atom is 0.231 e. The topological polar surface area (TPSA) is 64.3 Å². The molecule has 2 unspecified atom stereocenters. The molecule has 0 aliphatic carbocycles. The number of nitrogens with two attached hydrogens (primary N) is 1. The number of nitrogens with one attached hydrogen (secondary N) is 1. The van der Waals surface area contributed by atoms with Gasteiger partial charge in [-0.05, 0) is 31.0 Å². The first-order chi connectivity index (χ1) is 10.5. The Hall–Kier alpha value is -2.33. The molecule has 1 aliphatic rings. The highest BCUT2D eigenvalue weighted by Gasteiger charge is 2.31. The molecule has 2 atom stereocenters. The maximum absolute atomic E-state index is 12.0. The number of amides is 1. The molecule has 0 radical (unpaired) electrons. The first-order valence-corrected chi connectivity index (χ1v) is 7.36. The molecule has 3 rings (SSSR count). The first-order valence-electron chi connectivity index (χ1n) is 7.36. The molecule has 1 amide bonds. The number of carbonyl (C=O) groups is 1. The second-order valence-electron chi connectivity index (χ2n) is 5.75. The van der Waals surface area contributed by atoms with Crippen LogP contribution in [0, 0.1) is 6.92 Å². The SMILES string of the molecule is COc1ccccc1C(N)c1cc(C)cc2c1NC(=O)C2C. The van der Waals surface area contributed by atoms with Crippen LogP contribution >= 0.6 is 0 Å². The van der Waals surface area contributed by atoms with Crippen molar-refractivity contribution in [3.8, 4) is 5.75 Å². The lowest BCUT2D eigenvalue weighted by molar-refractivity contribution is -0.116. The van der Waals surface area contributed by atoms with Gasteiger partial charge in [0.25, 0.3) is 0 Å². The standard InChI is InChI=1S/C18H20N2O2/c1-10-8-13-11(2)18(21)20-17(13)14(9-10)16(19)12-6-4-5-7-15(12)22-3/h4-9,11,16H,19H2,1-3H3,(H,20,21). The van der Waals surface area contributed by atoms with Gasteiger partial charge < -0.3 is 15.8 Å². The van der Waals surface area contributed by atoms with Crippen molar-refractivity contribution >= 4 is 11.6 Å². The minimum atomic E-state index is -0.351. The average Bonchev–Trinajstić information content (AvgIpc) is 2.81. The van der Waals surface area contributed by atoms with E-state index in [2.05, 4.69) is 11.4 Å². The maximum atomic E-state index is 12.0. The molecule has 3 N–H and O–H groups in total.